The molecule has 0 heterocycles. The van der Waals surface area contributed by atoms with Gasteiger partial charge in [0, 0.05) is 11.6 Å². The summed E-state index contributed by atoms with van der Waals surface area (Å²) in [5.41, 5.74) is 0.546. The van der Waals surface area contributed by atoms with Crippen LogP contribution < -0.4 is 14.8 Å². The Balaban J connectivity index is 1.16. The maximum Gasteiger partial charge on any atom is 0.261 e. The lowest BCUT2D eigenvalue weighted by Gasteiger charge is -2.56. The third-order valence-electron chi connectivity index (χ3n) is 8.46. The van der Waals surface area contributed by atoms with Crippen LogP contribution >= 0.6 is 23.2 Å². The summed E-state index contributed by atoms with van der Waals surface area (Å²) >= 11 is 12.4. The van der Waals surface area contributed by atoms with E-state index in [9.17, 15) is 13.2 Å². The molecular weight excluding hydrogens is 555 g/mol. The maximum absolute atomic E-state index is 13.3. The van der Waals surface area contributed by atoms with E-state index in [4.69, 9.17) is 27.9 Å². The van der Waals surface area contributed by atoms with Crippen LogP contribution in [0.5, 0.6) is 11.5 Å². The molecule has 4 aliphatic carbocycles. The zero-order valence-corrected chi connectivity index (χ0v) is 23.7. The van der Waals surface area contributed by atoms with Crippen LogP contribution in [0.4, 0.5) is 5.69 Å². The molecule has 1 amide bonds. The fraction of sp³-hybridized carbons (Fsp3) is 0.367. The summed E-state index contributed by atoms with van der Waals surface area (Å²) in [7, 11) is -3.99. The fourth-order valence-corrected chi connectivity index (χ4v) is 8.63. The van der Waals surface area contributed by atoms with Gasteiger partial charge in [-0.15, -0.1) is 0 Å². The van der Waals surface area contributed by atoms with Gasteiger partial charge in [0.1, 0.15) is 11.5 Å². The van der Waals surface area contributed by atoms with Crippen LogP contribution in [0.3, 0.4) is 0 Å². The minimum atomic E-state index is -3.99. The van der Waals surface area contributed by atoms with Crippen molar-refractivity contribution < 1.29 is 17.9 Å². The third-order valence-corrected chi connectivity index (χ3v) is 10.4. The van der Waals surface area contributed by atoms with E-state index in [2.05, 4.69) is 10.0 Å². The second-order valence-corrected chi connectivity index (χ2v) is 13.9. The van der Waals surface area contributed by atoms with Crippen LogP contribution in [0.2, 0.25) is 10.0 Å². The second kappa shape index (κ2) is 10.3. The zero-order valence-electron chi connectivity index (χ0n) is 21.3. The first kappa shape index (κ1) is 26.5. The standard InChI is InChI=1S/C30H30Cl2N2O4S/c31-22-5-10-27(25(14-22)29(35)33-18-30-15-19-11-20(16-30)13-21(12-19)17-30)34-39(36,37)24-8-6-23(7-9-24)38-28-4-2-1-3-26(28)32/h1-10,14,19-21,34H,11-13,15-18H2,(H,33,35). The van der Waals surface area contributed by atoms with Gasteiger partial charge in [0.25, 0.3) is 15.9 Å². The minimum absolute atomic E-state index is 0.0314. The zero-order chi connectivity index (χ0) is 27.2. The smallest absolute Gasteiger partial charge is 0.261 e. The summed E-state index contributed by atoms with van der Waals surface area (Å²) in [6.07, 6.45) is 7.51. The number of halogens is 2. The maximum atomic E-state index is 13.3. The number of anilines is 1. The average molecular weight is 586 g/mol. The normalized spacial score (nSPS) is 25.3. The summed E-state index contributed by atoms with van der Waals surface area (Å²) in [5.74, 6) is 2.93. The van der Waals surface area contributed by atoms with E-state index in [1.54, 1.807) is 42.5 Å². The number of benzene rings is 3. The molecule has 0 unspecified atom stereocenters. The first-order valence-electron chi connectivity index (χ1n) is 13.3. The van der Waals surface area contributed by atoms with Gasteiger partial charge in [0.15, 0.2) is 0 Å². The van der Waals surface area contributed by atoms with Crippen LogP contribution in [0.1, 0.15) is 48.9 Å². The lowest BCUT2D eigenvalue weighted by Crippen LogP contribution is -2.51. The first-order chi connectivity index (χ1) is 18.7. The van der Waals surface area contributed by atoms with Crippen molar-refractivity contribution in [1.82, 2.24) is 5.32 Å². The molecule has 0 spiro atoms. The van der Waals surface area contributed by atoms with Gasteiger partial charge in [-0.1, -0.05) is 35.3 Å². The van der Waals surface area contributed by atoms with Crippen molar-refractivity contribution in [2.75, 3.05) is 11.3 Å². The molecule has 3 aromatic rings. The Morgan fingerprint density at radius 2 is 1.54 bits per heavy atom. The monoisotopic (exact) mass is 584 g/mol. The average Bonchev–Trinajstić information content (AvgIpc) is 2.89. The van der Waals surface area contributed by atoms with Crippen molar-refractivity contribution in [2.45, 2.75) is 43.4 Å². The van der Waals surface area contributed by atoms with E-state index < -0.39 is 10.0 Å². The Labute approximate surface area is 239 Å². The van der Waals surface area contributed by atoms with Crippen molar-refractivity contribution in [3.63, 3.8) is 0 Å². The molecule has 0 radical (unpaired) electrons. The Hall–Kier alpha value is -2.74. The molecule has 4 aliphatic rings. The SMILES string of the molecule is O=C(NCC12CC3CC(CC(C3)C1)C2)c1cc(Cl)ccc1NS(=O)(=O)c1ccc(Oc2ccccc2Cl)cc1. The number of carbonyl (C=O) groups excluding carboxylic acids is 1. The van der Waals surface area contributed by atoms with Crippen LogP contribution in [-0.4, -0.2) is 20.9 Å². The molecule has 4 saturated carbocycles. The van der Waals surface area contributed by atoms with Crippen LogP contribution in [-0.2, 0) is 10.0 Å². The molecule has 4 bridgehead atoms. The number of para-hydroxylation sites is 1. The number of ether oxygens (including phenoxy) is 1. The predicted molar refractivity (Wildman–Crippen MR) is 153 cm³/mol. The van der Waals surface area contributed by atoms with Crippen LogP contribution in [0.15, 0.2) is 71.6 Å². The van der Waals surface area contributed by atoms with Gasteiger partial charge in [0.2, 0.25) is 0 Å². The van der Waals surface area contributed by atoms with Crippen molar-refractivity contribution in [3.8, 4) is 11.5 Å². The number of carbonyl (C=O) groups is 1. The molecule has 3 aromatic carbocycles. The van der Waals surface area contributed by atoms with Crippen molar-refractivity contribution in [3.05, 3.63) is 82.3 Å². The van der Waals surface area contributed by atoms with E-state index in [0.29, 0.717) is 28.1 Å². The molecule has 7 rings (SSSR count). The highest BCUT2D eigenvalue weighted by Crippen LogP contribution is 2.59. The van der Waals surface area contributed by atoms with E-state index in [-0.39, 0.29) is 27.5 Å². The van der Waals surface area contributed by atoms with Crippen LogP contribution in [0.25, 0.3) is 0 Å². The Morgan fingerprint density at radius 3 is 2.18 bits per heavy atom. The topological polar surface area (TPSA) is 84.5 Å². The summed E-state index contributed by atoms with van der Waals surface area (Å²) in [6.45, 7) is 0.612. The van der Waals surface area contributed by atoms with E-state index in [0.717, 1.165) is 17.8 Å². The van der Waals surface area contributed by atoms with Gasteiger partial charge in [-0.05, 0) is 116 Å². The molecule has 0 atom stereocenters. The van der Waals surface area contributed by atoms with Crippen molar-refractivity contribution in [2.24, 2.45) is 23.2 Å². The quantitative estimate of drug-likeness (QED) is 0.286. The summed E-state index contributed by atoms with van der Waals surface area (Å²) in [4.78, 5) is 13.4. The summed E-state index contributed by atoms with van der Waals surface area (Å²) in [6, 6.07) is 17.6. The van der Waals surface area contributed by atoms with Crippen molar-refractivity contribution >= 4 is 44.8 Å². The molecule has 4 fully saturated rings. The van der Waals surface area contributed by atoms with E-state index in [1.165, 1.54) is 62.8 Å². The van der Waals surface area contributed by atoms with E-state index in [1.807, 2.05) is 0 Å². The fourth-order valence-electron chi connectivity index (χ4n) is 7.21. The molecular formula is C30H30Cl2N2O4S. The molecule has 9 heteroatoms. The largest absolute Gasteiger partial charge is 0.456 e. The minimum Gasteiger partial charge on any atom is -0.456 e. The molecule has 0 aliphatic heterocycles. The Bertz CT molecular complexity index is 1470. The predicted octanol–water partition coefficient (Wildman–Crippen LogP) is 7.53. The number of sulfonamides is 1. The van der Waals surface area contributed by atoms with Gasteiger partial charge in [-0.3, -0.25) is 9.52 Å². The lowest BCUT2D eigenvalue weighted by molar-refractivity contribution is -0.0503. The van der Waals surface area contributed by atoms with Gasteiger partial charge < -0.3 is 10.1 Å². The molecule has 6 nitrogen and oxygen atoms in total. The molecule has 39 heavy (non-hydrogen) atoms. The second-order valence-electron chi connectivity index (χ2n) is 11.4. The van der Waals surface area contributed by atoms with Crippen LogP contribution in [0, 0.1) is 23.2 Å². The van der Waals surface area contributed by atoms with Gasteiger partial charge in [-0.2, -0.15) is 0 Å². The molecule has 2 N–H and O–H groups in total. The van der Waals surface area contributed by atoms with Gasteiger partial charge in [0.05, 0.1) is 21.2 Å². The molecule has 204 valence electrons. The summed E-state index contributed by atoms with van der Waals surface area (Å²) < 4.78 is 34.8. The molecule has 0 saturated heterocycles. The Morgan fingerprint density at radius 1 is 0.897 bits per heavy atom. The van der Waals surface area contributed by atoms with E-state index >= 15 is 0 Å². The number of hydrogen-bond donors (Lipinski definition) is 2. The van der Waals surface area contributed by atoms with Gasteiger partial charge in [-0.25, -0.2) is 8.42 Å². The highest BCUT2D eigenvalue weighted by molar-refractivity contribution is 7.92. The third kappa shape index (κ3) is 5.63. The number of nitrogens with one attached hydrogen (secondary N) is 2. The highest BCUT2D eigenvalue weighted by Gasteiger charge is 2.50. The number of rotatable bonds is 8. The number of amides is 1. The van der Waals surface area contributed by atoms with Gasteiger partial charge >= 0.3 is 0 Å². The highest BCUT2D eigenvalue weighted by atomic mass is 35.5. The first-order valence-corrected chi connectivity index (χ1v) is 15.5. The number of hydrogen-bond acceptors (Lipinski definition) is 4. The Kier molecular flexibility index (Phi) is 7.02. The summed E-state index contributed by atoms with van der Waals surface area (Å²) in [5, 5.41) is 3.94. The lowest BCUT2D eigenvalue weighted by atomic mass is 9.49. The molecule has 0 aromatic heterocycles. The van der Waals surface area contributed by atoms with Crippen molar-refractivity contribution in [1.29, 1.82) is 0 Å².